The number of amides is 1. The molecule has 1 heterocycles. The third kappa shape index (κ3) is 5.85. The van der Waals surface area contributed by atoms with Crippen LogP contribution in [-0.4, -0.2) is 37.8 Å². The molecule has 1 amide bonds. The standard InChI is InChI=1S/C20H30Cl2N2O3S/c1-13(2)19(14(3)4)23-20(25)15-8-10-24(11-9-15)28(26,27)12-16-17(21)6-5-7-18(16)22/h5-7,13-15,19H,8-12H2,1-4H3,(H,23,25). The van der Waals surface area contributed by atoms with Crippen molar-refractivity contribution in [1.29, 1.82) is 0 Å². The molecule has 0 atom stereocenters. The molecule has 0 unspecified atom stereocenters. The number of sulfonamides is 1. The minimum absolute atomic E-state index is 0.0265. The van der Waals surface area contributed by atoms with E-state index >= 15 is 0 Å². The Balaban J connectivity index is 1.98. The van der Waals surface area contributed by atoms with E-state index in [0.29, 0.717) is 53.4 Å². The smallest absolute Gasteiger partial charge is 0.223 e. The molecule has 2 rings (SSSR count). The normalized spacial score (nSPS) is 16.9. The Kier molecular flexibility index (Phi) is 8.20. The Bertz CT molecular complexity index is 760. The predicted molar refractivity (Wildman–Crippen MR) is 115 cm³/mol. The summed E-state index contributed by atoms with van der Waals surface area (Å²) < 4.78 is 27.0. The average molecular weight is 449 g/mol. The van der Waals surface area contributed by atoms with Crippen LogP contribution >= 0.6 is 23.2 Å². The van der Waals surface area contributed by atoms with Crippen LogP contribution in [0.3, 0.4) is 0 Å². The number of benzene rings is 1. The summed E-state index contributed by atoms with van der Waals surface area (Å²) in [6.07, 6.45) is 1.04. The van der Waals surface area contributed by atoms with Crippen molar-refractivity contribution in [3.05, 3.63) is 33.8 Å². The summed E-state index contributed by atoms with van der Waals surface area (Å²) in [6, 6.07) is 5.08. The van der Waals surface area contributed by atoms with Gasteiger partial charge in [0, 0.05) is 40.7 Å². The molecular weight excluding hydrogens is 419 g/mol. The largest absolute Gasteiger partial charge is 0.353 e. The van der Waals surface area contributed by atoms with Crippen molar-refractivity contribution >= 4 is 39.1 Å². The van der Waals surface area contributed by atoms with Gasteiger partial charge in [-0.05, 0) is 36.8 Å². The molecule has 158 valence electrons. The summed E-state index contributed by atoms with van der Waals surface area (Å²) in [5.41, 5.74) is 0.419. The second-order valence-electron chi connectivity index (χ2n) is 8.15. The number of hydrogen-bond acceptors (Lipinski definition) is 3. The van der Waals surface area contributed by atoms with Crippen LogP contribution in [0.25, 0.3) is 0 Å². The SMILES string of the molecule is CC(C)C(NC(=O)C1CCN(S(=O)(=O)Cc2c(Cl)cccc2Cl)CC1)C(C)C. The summed E-state index contributed by atoms with van der Waals surface area (Å²) in [6.45, 7) is 9.05. The number of halogens is 2. The summed E-state index contributed by atoms with van der Waals surface area (Å²) in [5.74, 6) is 0.342. The van der Waals surface area contributed by atoms with Crippen molar-refractivity contribution in [2.75, 3.05) is 13.1 Å². The molecule has 0 spiro atoms. The van der Waals surface area contributed by atoms with Gasteiger partial charge in [-0.1, -0.05) is 57.0 Å². The molecule has 0 radical (unpaired) electrons. The van der Waals surface area contributed by atoms with Gasteiger partial charge in [-0.25, -0.2) is 12.7 Å². The van der Waals surface area contributed by atoms with Crippen LogP contribution < -0.4 is 5.32 Å². The van der Waals surface area contributed by atoms with E-state index < -0.39 is 10.0 Å². The first-order valence-corrected chi connectivity index (χ1v) is 12.1. The lowest BCUT2D eigenvalue weighted by atomic mass is 9.91. The van der Waals surface area contributed by atoms with Gasteiger partial charge >= 0.3 is 0 Å². The van der Waals surface area contributed by atoms with E-state index in [-0.39, 0.29) is 23.6 Å². The number of nitrogens with zero attached hydrogens (tertiary/aromatic N) is 1. The first-order valence-electron chi connectivity index (χ1n) is 9.74. The lowest BCUT2D eigenvalue weighted by Gasteiger charge is -2.33. The predicted octanol–water partition coefficient (Wildman–Crippen LogP) is 4.33. The van der Waals surface area contributed by atoms with Gasteiger partial charge in [-0.15, -0.1) is 0 Å². The van der Waals surface area contributed by atoms with Gasteiger partial charge in [-0.3, -0.25) is 4.79 Å². The van der Waals surface area contributed by atoms with Crippen LogP contribution in [-0.2, 0) is 20.6 Å². The Morgan fingerprint density at radius 3 is 2.07 bits per heavy atom. The highest BCUT2D eigenvalue weighted by Gasteiger charge is 2.33. The quantitative estimate of drug-likeness (QED) is 0.674. The fourth-order valence-corrected chi connectivity index (χ4v) is 6.04. The topological polar surface area (TPSA) is 66.5 Å². The maximum absolute atomic E-state index is 12.8. The number of carbonyl (C=O) groups excluding carboxylic acids is 1. The summed E-state index contributed by atoms with van der Waals surface area (Å²) in [4.78, 5) is 12.6. The second-order valence-corrected chi connectivity index (χ2v) is 10.9. The molecular formula is C20H30Cl2N2O3S. The summed E-state index contributed by atoms with van der Waals surface area (Å²) in [7, 11) is -3.55. The van der Waals surface area contributed by atoms with Crippen molar-refractivity contribution in [3.8, 4) is 0 Å². The number of hydrogen-bond donors (Lipinski definition) is 1. The fraction of sp³-hybridized carbons (Fsp3) is 0.650. The van der Waals surface area contributed by atoms with Crippen molar-refractivity contribution < 1.29 is 13.2 Å². The summed E-state index contributed by atoms with van der Waals surface area (Å²) in [5, 5.41) is 3.84. The minimum Gasteiger partial charge on any atom is -0.353 e. The zero-order chi connectivity index (χ0) is 21.1. The number of rotatable bonds is 7. The van der Waals surface area contributed by atoms with E-state index in [1.54, 1.807) is 18.2 Å². The molecule has 1 aliphatic heterocycles. The van der Waals surface area contributed by atoms with E-state index in [2.05, 4.69) is 33.0 Å². The van der Waals surface area contributed by atoms with Crippen molar-refractivity contribution in [2.24, 2.45) is 17.8 Å². The maximum atomic E-state index is 12.8. The van der Waals surface area contributed by atoms with Crippen molar-refractivity contribution in [1.82, 2.24) is 9.62 Å². The molecule has 0 bridgehead atoms. The van der Waals surface area contributed by atoms with Gasteiger partial charge in [0.05, 0.1) is 5.75 Å². The Morgan fingerprint density at radius 2 is 1.61 bits per heavy atom. The molecule has 28 heavy (non-hydrogen) atoms. The highest BCUT2D eigenvalue weighted by atomic mass is 35.5. The summed E-state index contributed by atoms with van der Waals surface area (Å²) >= 11 is 12.2. The van der Waals surface area contributed by atoms with Crippen molar-refractivity contribution in [3.63, 3.8) is 0 Å². The second kappa shape index (κ2) is 9.79. The van der Waals surface area contributed by atoms with Crippen molar-refractivity contribution in [2.45, 2.75) is 52.3 Å². The Morgan fingerprint density at radius 1 is 1.11 bits per heavy atom. The van der Waals surface area contributed by atoms with Gasteiger partial charge < -0.3 is 5.32 Å². The molecule has 0 saturated carbocycles. The van der Waals surface area contributed by atoms with E-state index in [1.807, 2.05) is 0 Å². The zero-order valence-corrected chi connectivity index (χ0v) is 19.2. The van der Waals surface area contributed by atoms with E-state index in [9.17, 15) is 13.2 Å². The molecule has 1 fully saturated rings. The Labute approximate surface area is 178 Å². The van der Waals surface area contributed by atoms with E-state index in [0.717, 1.165) is 0 Å². The maximum Gasteiger partial charge on any atom is 0.223 e. The highest BCUT2D eigenvalue weighted by molar-refractivity contribution is 7.88. The van der Waals surface area contributed by atoms with Crippen LogP contribution in [0, 0.1) is 17.8 Å². The minimum atomic E-state index is -3.55. The number of piperidine rings is 1. The Hall–Kier alpha value is -0.820. The monoisotopic (exact) mass is 448 g/mol. The molecule has 1 N–H and O–H groups in total. The number of carbonyl (C=O) groups is 1. The molecule has 5 nitrogen and oxygen atoms in total. The molecule has 1 aliphatic rings. The van der Waals surface area contributed by atoms with Gasteiger partial charge in [0.2, 0.25) is 15.9 Å². The molecule has 0 aliphatic carbocycles. The molecule has 0 aromatic heterocycles. The molecule has 1 aromatic carbocycles. The molecule has 1 aromatic rings. The highest BCUT2D eigenvalue weighted by Crippen LogP contribution is 2.29. The van der Waals surface area contributed by atoms with Gasteiger partial charge in [0.15, 0.2) is 0 Å². The lowest BCUT2D eigenvalue weighted by molar-refractivity contribution is -0.127. The third-order valence-corrected chi connectivity index (χ3v) is 7.87. The zero-order valence-electron chi connectivity index (χ0n) is 16.9. The first-order chi connectivity index (χ1) is 13.0. The van der Waals surface area contributed by atoms with Crippen LogP contribution in [0.1, 0.15) is 46.1 Å². The van der Waals surface area contributed by atoms with Crippen LogP contribution in [0.2, 0.25) is 10.0 Å². The average Bonchev–Trinajstić information content (AvgIpc) is 2.62. The lowest BCUT2D eigenvalue weighted by Crippen LogP contribution is -2.48. The van der Waals surface area contributed by atoms with Crippen LogP contribution in [0.4, 0.5) is 0 Å². The van der Waals surface area contributed by atoms with Gasteiger partial charge in [0.25, 0.3) is 0 Å². The van der Waals surface area contributed by atoms with Gasteiger partial charge in [-0.2, -0.15) is 0 Å². The fourth-order valence-electron chi connectivity index (χ4n) is 3.73. The van der Waals surface area contributed by atoms with Gasteiger partial charge in [0.1, 0.15) is 0 Å². The van der Waals surface area contributed by atoms with Crippen LogP contribution in [0.15, 0.2) is 18.2 Å². The molecule has 8 heteroatoms. The number of nitrogens with one attached hydrogen (secondary N) is 1. The first kappa shape index (κ1) is 23.5. The molecule has 1 saturated heterocycles. The van der Waals surface area contributed by atoms with E-state index in [1.165, 1.54) is 4.31 Å². The van der Waals surface area contributed by atoms with Crippen LogP contribution in [0.5, 0.6) is 0 Å². The van der Waals surface area contributed by atoms with E-state index in [4.69, 9.17) is 23.2 Å². The third-order valence-electron chi connectivity index (χ3n) is 5.35.